The first-order valence-electron chi connectivity index (χ1n) is 10.1. The van der Waals surface area contributed by atoms with Crippen molar-refractivity contribution < 1.29 is 14.3 Å². The highest BCUT2D eigenvalue weighted by Gasteiger charge is 2.23. The summed E-state index contributed by atoms with van der Waals surface area (Å²) in [6, 6.07) is 17.6. The van der Waals surface area contributed by atoms with E-state index in [1.165, 1.54) is 5.56 Å². The zero-order chi connectivity index (χ0) is 20.8. The van der Waals surface area contributed by atoms with Crippen LogP contribution in [0.4, 0.5) is 0 Å². The molecule has 3 aromatic rings. The molecule has 0 unspecified atom stereocenters. The second-order valence-corrected chi connectivity index (χ2v) is 8.12. The van der Waals surface area contributed by atoms with Crippen LogP contribution in [-0.4, -0.2) is 49.0 Å². The summed E-state index contributed by atoms with van der Waals surface area (Å²) in [4.78, 5) is 17.3. The van der Waals surface area contributed by atoms with E-state index in [9.17, 15) is 4.79 Å². The van der Waals surface area contributed by atoms with Crippen LogP contribution >= 0.6 is 11.3 Å². The summed E-state index contributed by atoms with van der Waals surface area (Å²) in [5.41, 5.74) is 3.06. The molecule has 0 saturated carbocycles. The number of nitrogens with zero attached hydrogens (tertiary/aromatic N) is 2. The minimum absolute atomic E-state index is 0.0399. The Morgan fingerprint density at radius 2 is 1.77 bits per heavy atom. The zero-order valence-corrected chi connectivity index (χ0v) is 17.9. The molecule has 6 heteroatoms. The fourth-order valence-corrected chi connectivity index (χ4v) is 4.25. The summed E-state index contributed by atoms with van der Waals surface area (Å²) in [6.07, 6.45) is 0. The molecular formula is C24H26N2O3S. The van der Waals surface area contributed by atoms with Gasteiger partial charge < -0.3 is 14.4 Å². The van der Waals surface area contributed by atoms with Gasteiger partial charge in [0, 0.05) is 38.3 Å². The van der Waals surface area contributed by atoms with Crippen molar-refractivity contribution in [1.29, 1.82) is 0 Å². The van der Waals surface area contributed by atoms with E-state index in [-0.39, 0.29) is 5.91 Å². The largest absolute Gasteiger partial charge is 0.493 e. The average Bonchev–Trinajstić information content (AvgIpc) is 3.31. The predicted octanol–water partition coefficient (Wildman–Crippen LogP) is 4.29. The highest BCUT2D eigenvalue weighted by molar-refractivity contribution is 7.07. The quantitative estimate of drug-likeness (QED) is 0.570. The number of benzene rings is 2. The first kappa shape index (κ1) is 20.4. The smallest absolute Gasteiger partial charge is 0.254 e. The zero-order valence-electron chi connectivity index (χ0n) is 17.1. The van der Waals surface area contributed by atoms with E-state index in [1.807, 2.05) is 47.4 Å². The van der Waals surface area contributed by atoms with Crippen molar-refractivity contribution in [2.24, 2.45) is 0 Å². The highest BCUT2D eigenvalue weighted by Crippen LogP contribution is 2.29. The topological polar surface area (TPSA) is 42.0 Å². The van der Waals surface area contributed by atoms with Gasteiger partial charge in [-0.05, 0) is 46.2 Å². The van der Waals surface area contributed by atoms with Gasteiger partial charge in [0.05, 0.1) is 7.11 Å². The van der Waals surface area contributed by atoms with E-state index in [1.54, 1.807) is 24.5 Å². The molecule has 2 heterocycles. The number of hydrogen-bond donors (Lipinski definition) is 0. The van der Waals surface area contributed by atoms with Crippen molar-refractivity contribution in [1.82, 2.24) is 9.80 Å². The summed E-state index contributed by atoms with van der Waals surface area (Å²) in [5.74, 6) is 1.25. The SMILES string of the molecule is COc1cc(C(=O)N2CCN(Cc3ccsc3)CC2)ccc1OCc1ccccc1. The van der Waals surface area contributed by atoms with Gasteiger partial charge in [-0.3, -0.25) is 9.69 Å². The highest BCUT2D eigenvalue weighted by atomic mass is 32.1. The van der Waals surface area contributed by atoms with Gasteiger partial charge in [-0.25, -0.2) is 0 Å². The van der Waals surface area contributed by atoms with E-state index in [2.05, 4.69) is 21.7 Å². The van der Waals surface area contributed by atoms with Crippen LogP contribution in [0.3, 0.4) is 0 Å². The van der Waals surface area contributed by atoms with Crippen molar-refractivity contribution in [3.8, 4) is 11.5 Å². The van der Waals surface area contributed by atoms with Gasteiger partial charge in [0.15, 0.2) is 11.5 Å². The maximum absolute atomic E-state index is 13.0. The fraction of sp³-hybridized carbons (Fsp3) is 0.292. The van der Waals surface area contributed by atoms with E-state index in [0.29, 0.717) is 23.7 Å². The lowest BCUT2D eigenvalue weighted by atomic mass is 10.1. The third-order valence-electron chi connectivity index (χ3n) is 5.29. The Hall–Kier alpha value is -2.83. The van der Waals surface area contributed by atoms with E-state index in [0.717, 1.165) is 38.3 Å². The number of ether oxygens (including phenoxy) is 2. The number of piperazine rings is 1. The van der Waals surface area contributed by atoms with E-state index in [4.69, 9.17) is 9.47 Å². The molecule has 1 aliphatic rings. The lowest BCUT2D eigenvalue weighted by molar-refractivity contribution is 0.0628. The Kier molecular flexibility index (Phi) is 6.67. The number of carbonyl (C=O) groups is 1. The number of hydrogen-bond acceptors (Lipinski definition) is 5. The maximum atomic E-state index is 13.0. The molecule has 2 aromatic carbocycles. The molecule has 1 fully saturated rings. The molecule has 5 nitrogen and oxygen atoms in total. The summed E-state index contributed by atoms with van der Waals surface area (Å²) in [6.45, 7) is 4.65. The van der Waals surface area contributed by atoms with Crippen molar-refractivity contribution >= 4 is 17.2 Å². The summed E-state index contributed by atoms with van der Waals surface area (Å²) >= 11 is 1.72. The lowest BCUT2D eigenvalue weighted by Crippen LogP contribution is -2.48. The molecule has 0 radical (unpaired) electrons. The van der Waals surface area contributed by atoms with Crippen molar-refractivity contribution in [2.75, 3.05) is 33.3 Å². The van der Waals surface area contributed by atoms with Crippen LogP contribution in [0.25, 0.3) is 0 Å². The monoisotopic (exact) mass is 422 g/mol. The molecule has 156 valence electrons. The van der Waals surface area contributed by atoms with Crippen LogP contribution in [-0.2, 0) is 13.2 Å². The molecule has 1 saturated heterocycles. The molecule has 1 aromatic heterocycles. The van der Waals surface area contributed by atoms with Crippen LogP contribution in [0.15, 0.2) is 65.4 Å². The molecular weight excluding hydrogens is 396 g/mol. The number of methoxy groups -OCH3 is 1. The summed E-state index contributed by atoms with van der Waals surface area (Å²) in [7, 11) is 1.60. The Bertz CT molecular complexity index is 952. The second kappa shape index (κ2) is 9.78. The van der Waals surface area contributed by atoms with Crippen molar-refractivity contribution in [3.05, 3.63) is 82.0 Å². The number of thiophene rings is 1. The summed E-state index contributed by atoms with van der Waals surface area (Å²) < 4.78 is 11.4. The van der Waals surface area contributed by atoms with Crippen LogP contribution in [0, 0.1) is 0 Å². The number of amides is 1. The van der Waals surface area contributed by atoms with Crippen LogP contribution in [0.1, 0.15) is 21.5 Å². The van der Waals surface area contributed by atoms with Crippen LogP contribution in [0.2, 0.25) is 0 Å². The van der Waals surface area contributed by atoms with Gasteiger partial charge in [0.25, 0.3) is 5.91 Å². The van der Waals surface area contributed by atoms with Gasteiger partial charge in [0.2, 0.25) is 0 Å². The Morgan fingerprint density at radius 1 is 0.967 bits per heavy atom. The van der Waals surface area contributed by atoms with Gasteiger partial charge >= 0.3 is 0 Å². The van der Waals surface area contributed by atoms with Crippen molar-refractivity contribution in [3.63, 3.8) is 0 Å². The molecule has 0 N–H and O–H groups in total. The summed E-state index contributed by atoms with van der Waals surface area (Å²) in [5, 5.41) is 4.29. The van der Waals surface area contributed by atoms with Gasteiger partial charge in [-0.15, -0.1) is 0 Å². The van der Waals surface area contributed by atoms with Crippen LogP contribution in [0.5, 0.6) is 11.5 Å². The van der Waals surface area contributed by atoms with Crippen LogP contribution < -0.4 is 9.47 Å². The Labute approximate surface area is 181 Å². The average molecular weight is 423 g/mol. The Morgan fingerprint density at radius 3 is 2.47 bits per heavy atom. The van der Waals surface area contributed by atoms with E-state index < -0.39 is 0 Å². The molecule has 1 aliphatic heterocycles. The molecule has 0 atom stereocenters. The number of carbonyl (C=O) groups excluding carboxylic acids is 1. The number of rotatable bonds is 7. The normalized spacial score (nSPS) is 14.5. The minimum atomic E-state index is 0.0399. The third-order valence-corrected chi connectivity index (χ3v) is 6.03. The minimum Gasteiger partial charge on any atom is -0.493 e. The first-order valence-corrected chi connectivity index (χ1v) is 11.0. The molecule has 30 heavy (non-hydrogen) atoms. The van der Waals surface area contributed by atoms with Gasteiger partial charge in [-0.2, -0.15) is 11.3 Å². The predicted molar refractivity (Wildman–Crippen MR) is 119 cm³/mol. The Balaban J connectivity index is 1.36. The van der Waals surface area contributed by atoms with Gasteiger partial charge in [0.1, 0.15) is 6.61 Å². The molecule has 0 spiro atoms. The first-order chi connectivity index (χ1) is 14.7. The second-order valence-electron chi connectivity index (χ2n) is 7.34. The fourth-order valence-electron chi connectivity index (χ4n) is 3.59. The lowest BCUT2D eigenvalue weighted by Gasteiger charge is -2.34. The molecule has 0 bridgehead atoms. The van der Waals surface area contributed by atoms with Gasteiger partial charge in [-0.1, -0.05) is 30.3 Å². The molecule has 1 amide bonds. The molecule has 0 aliphatic carbocycles. The maximum Gasteiger partial charge on any atom is 0.254 e. The standard InChI is InChI=1S/C24H26N2O3S/c1-28-23-15-21(7-8-22(23)29-17-19-5-3-2-4-6-19)24(27)26-12-10-25(11-13-26)16-20-9-14-30-18-20/h2-9,14-15,18H,10-13,16-17H2,1H3. The molecule has 4 rings (SSSR count). The van der Waals surface area contributed by atoms with E-state index >= 15 is 0 Å². The van der Waals surface area contributed by atoms with Crippen molar-refractivity contribution in [2.45, 2.75) is 13.2 Å². The third kappa shape index (κ3) is 5.01.